The molecular formula is C84H100BN3. The number of aryl methyl sites for hydroxylation is 3. The van der Waals surface area contributed by atoms with Crippen molar-refractivity contribution in [2.45, 2.75) is 263 Å². The first-order valence-electron chi connectivity index (χ1n) is 34.6. The highest BCUT2D eigenvalue weighted by atomic mass is 15.3. The van der Waals surface area contributed by atoms with Gasteiger partial charge in [0.2, 0.25) is 0 Å². The summed E-state index contributed by atoms with van der Waals surface area (Å²) in [4.78, 5) is 8.53. The Bertz CT molecular complexity index is 4250. The monoisotopic (exact) mass is 1160 g/mol. The molecule has 7 aromatic carbocycles. The molecule has 4 heterocycles. The number of fused-ring (bicyclic) bond motifs is 16. The summed E-state index contributed by atoms with van der Waals surface area (Å²) in [5, 5.41) is 0. The van der Waals surface area contributed by atoms with Crippen molar-refractivity contribution in [3.05, 3.63) is 170 Å². The van der Waals surface area contributed by atoms with E-state index in [1.807, 2.05) is 0 Å². The first-order valence-corrected chi connectivity index (χ1v) is 34.6. The van der Waals surface area contributed by atoms with Crippen LogP contribution in [0.3, 0.4) is 0 Å². The highest BCUT2D eigenvalue weighted by Crippen LogP contribution is 2.67. The minimum Gasteiger partial charge on any atom is -0.334 e. The van der Waals surface area contributed by atoms with Crippen LogP contribution >= 0.6 is 0 Å². The van der Waals surface area contributed by atoms with E-state index in [1.165, 1.54) is 186 Å². The van der Waals surface area contributed by atoms with E-state index in [1.54, 1.807) is 11.1 Å². The molecule has 9 aliphatic rings. The third-order valence-corrected chi connectivity index (χ3v) is 27.3. The zero-order valence-corrected chi connectivity index (χ0v) is 57.6. The number of anilines is 8. The molecule has 88 heavy (non-hydrogen) atoms. The van der Waals surface area contributed by atoms with Crippen LogP contribution in [0.2, 0.25) is 0 Å². The third-order valence-electron chi connectivity index (χ3n) is 27.3. The van der Waals surface area contributed by atoms with Gasteiger partial charge in [-0.3, -0.25) is 0 Å². The van der Waals surface area contributed by atoms with Crippen LogP contribution in [-0.4, -0.2) is 12.3 Å². The predicted molar refractivity (Wildman–Crippen MR) is 377 cm³/mol. The van der Waals surface area contributed by atoms with Crippen molar-refractivity contribution in [2.24, 2.45) is 5.92 Å². The normalized spacial score (nSPS) is 27.4. The standard InChI is InChI=1S/C84H100BN3/c1-49-37-72-74-73(38-49)87(68-45-61-57(39-50(68)2)76(6,7)31-33-79(61,12)13)71-46-62-60(78(10,11)32-34-80(62,14)15)44-66(71)85(74)65-25-23-55-43-70(65)86(72)69-47-63-58(40-51(69)3)81(16,17)35-36-82(63,18)54-27-28-83(19)64-42-53(22-26-67(64)88(55)84(83,20)48-54)52-21-24-56-59(41-52)77(8,9)30-29-75(56,4)5/h21-26,37-47,54H,27-36,48H2,1-20H3. The van der Waals surface area contributed by atoms with Crippen molar-refractivity contribution in [3.63, 3.8) is 0 Å². The Morgan fingerprint density at radius 2 is 0.795 bits per heavy atom. The van der Waals surface area contributed by atoms with Crippen molar-refractivity contribution >= 4 is 68.6 Å². The van der Waals surface area contributed by atoms with Gasteiger partial charge in [-0.2, -0.15) is 0 Å². The van der Waals surface area contributed by atoms with E-state index in [0.717, 1.165) is 12.8 Å². The molecule has 454 valence electrons. The Labute approximate surface area is 530 Å². The van der Waals surface area contributed by atoms with E-state index >= 15 is 0 Å². The molecule has 1 saturated carbocycles. The minimum absolute atomic E-state index is 0.00518. The minimum atomic E-state index is -0.192. The summed E-state index contributed by atoms with van der Waals surface area (Å²) in [5.41, 5.74) is 36.1. The van der Waals surface area contributed by atoms with E-state index < -0.39 is 0 Å². The number of hydrogen-bond donors (Lipinski definition) is 0. The van der Waals surface area contributed by atoms with Crippen molar-refractivity contribution in [1.82, 2.24) is 0 Å². The van der Waals surface area contributed by atoms with Crippen molar-refractivity contribution in [1.29, 1.82) is 0 Å². The molecule has 1 fully saturated rings. The van der Waals surface area contributed by atoms with E-state index in [4.69, 9.17) is 0 Å². The smallest absolute Gasteiger partial charge is 0.252 e. The van der Waals surface area contributed by atoms with Gasteiger partial charge in [0.1, 0.15) is 0 Å². The molecule has 6 bridgehead atoms. The van der Waals surface area contributed by atoms with E-state index in [2.05, 4.69) is 256 Å². The Morgan fingerprint density at radius 1 is 0.352 bits per heavy atom. The molecule has 4 heteroatoms. The zero-order valence-electron chi connectivity index (χ0n) is 57.6. The van der Waals surface area contributed by atoms with Gasteiger partial charge in [-0.1, -0.05) is 159 Å². The highest BCUT2D eigenvalue weighted by molar-refractivity contribution is 7.00. The van der Waals surface area contributed by atoms with Gasteiger partial charge in [-0.15, -0.1) is 0 Å². The van der Waals surface area contributed by atoms with Gasteiger partial charge in [-0.05, 0) is 296 Å². The van der Waals surface area contributed by atoms with Crippen LogP contribution in [0, 0.1) is 26.7 Å². The van der Waals surface area contributed by atoms with Crippen LogP contribution in [0.15, 0.2) is 103 Å². The Balaban J connectivity index is 0.980. The fourth-order valence-electron chi connectivity index (χ4n) is 20.7. The van der Waals surface area contributed by atoms with E-state index in [0.29, 0.717) is 5.92 Å². The summed E-state index contributed by atoms with van der Waals surface area (Å²) in [6, 6.07) is 44.6. The van der Waals surface area contributed by atoms with E-state index in [-0.39, 0.29) is 61.0 Å². The summed E-state index contributed by atoms with van der Waals surface area (Å²) in [7, 11) is 0. The molecule has 0 spiro atoms. The summed E-state index contributed by atoms with van der Waals surface area (Å²) in [6.07, 6.45) is 13.1. The summed E-state index contributed by atoms with van der Waals surface area (Å²) in [5.74, 6) is 0.509. The van der Waals surface area contributed by atoms with Crippen molar-refractivity contribution in [3.8, 4) is 11.1 Å². The van der Waals surface area contributed by atoms with Gasteiger partial charge in [0.05, 0.1) is 5.54 Å². The van der Waals surface area contributed by atoms with Gasteiger partial charge in [0.15, 0.2) is 0 Å². The fourth-order valence-corrected chi connectivity index (χ4v) is 20.7. The number of nitrogens with zero attached hydrogens (tertiary/aromatic N) is 3. The number of benzene rings is 7. The highest BCUT2D eigenvalue weighted by Gasteiger charge is 2.63. The van der Waals surface area contributed by atoms with Crippen LogP contribution in [0.25, 0.3) is 11.1 Å². The fraction of sp³-hybridized carbons (Fsp3) is 0.500. The second-order valence-corrected chi connectivity index (χ2v) is 35.9. The second-order valence-electron chi connectivity index (χ2n) is 35.9. The molecular weight excluding hydrogens is 1060 g/mol. The molecule has 4 atom stereocenters. The maximum absolute atomic E-state index is 2.92. The van der Waals surface area contributed by atoms with Gasteiger partial charge >= 0.3 is 0 Å². The average Bonchev–Trinajstić information content (AvgIpc) is 1.03. The molecule has 0 aromatic heterocycles. The molecule has 7 aromatic rings. The molecule has 3 nitrogen and oxygen atoms in total. The SMILES string of the molecule is Cc1cc2c3c(c1)N(c1cc4c(cc1C)C(C)(C)CCC4(C)C)c1cc4c(cc1B3c1ccc3cc1N2c1cc2c(cc1C)C(C)(C)CCC2(C)C1CCC2(C)c5cc(-c6ccc7c(c6)C(C)(C)CCC7(C)C)ccc5N3C2(C)C1)C(C)(C)CCC4(C)C. The van der Waals surface area contributed by atoms with Gasteiger partial charge in [0.25, 0.3) is 6.71 Å². The molecule has 0 radical (unpaired) electrons. The molecule has 0 N–H and O–H groups in total. The summed E-state index contributed by atoms with van der Waals surface area (Å²) < 4.78 is 0. The van der Waals surface area contributed by atoms with Gasteiger partial charge in [0, 0.05) is 50.9 Å². The maximum Gasteiger partial charge on any atom is 0.252 e. The second kappa shape index (κ2) is 17.5. The first kappa shape index (κ1) is 57.2. The molecule has 5 aliphatic carbocycles. The third kappa shape index (κ3) is 7.44. The topological polar surface area (TPSA) is 9.72 Å². The lowest BCUT2D eigenvalue weighted by Gasteiger charge is -2.58. The van der Waals surface area contributed by atoms with Gasteiger partial charge in [-0.25, -0.2) is 0 Å². The lowest BCUT2D eigenvalue weighted by atomic mass is 9.33. The lowest BCUT2D eigenvalue weighted by Crippen LogP contribution is -2.62. The van der Waals surface area contributed by atoms with Crippen LogP contribution in [0.5, 0.6) is 0 Å². The molecule has 0 saturated heterocycles. The summed E-state index contributed by atoms with van der Waals surface area (Å²) >= 11 is 0. The van der Waals surface area contributed by atoms with Crippen LogP contribution in [0.4, 0.5) is 45.5 Å². The molecule has 4 aliphatic heterocycles. The maximum atomic E-state index is 2.92. The lowest BCUT2D eigenvalue weighted by molar-refractivity contribution is 0.0840. The largest absolute Gasteiger partial charge is 0.334 e. The average molecular weight is 1160 g/mol. The van der Waals surface area contributed by atoms with Crippen molar-refractivity contribution in [2.75, 3.05) is 14.7 Å². The van der Waals surface area contributed by atoms with Crippen LogP contribution in [0.1, 0.15) is 255 Å². The Morgan fingerprint density at radius 3 is 1.36 bits per heavy atom. The van der Waals surface area contributed by atoms with E-state index in [9.17, 15) is 0 Å². The molecule has 0 amide bonds. The molecule has 4 unspecified atom stereocenters. The Kier molecular flexibility index (Phi) is 11.4. The first-order chi connectivity index (χ1) is 41.1. The van der Waals surface area contributed by atoms with Gasteiger partial charge < -0.3 is 14.7 Å². The predicted octanol–water partition coefficient (Wildman–Crippen LogP) is 20.7. The Hall–Kier alpha value is -6.00. The summed E-state index contributed by atoms with van der Waals surface area (Å²) in [6.45, 7) is 50.5. The quantitative estimate of drug-likeness (QED) is 0.160. The van der Waals surface area contributed by atoms with Crippen LogP contribution < -0.4 is 31.1 Å². The zero-order chi connectivity index (χ0) is 62.1. The number of rotatable bonds is 2. The van der Waals surface area contributed by atoms with Crippen LogP contribution in [-0.2, 0) is 48.7 Å². The molecule has 16 rings (SSSR count). The van der Waals surface area contributed by atoms with Crippen molar-refractivity contribution < 1.29 is 0 Å². The number of hydrogen-bond acceptors (Lipinski definition) is 3.